The zero-order valence-electron chi connectivity index (χ0n) is 36.0. The maximum Gasteiger partial charge on any atom is 0.418 e. The van der Waals surface area contributed by atoms with Gasteiger partial charge in [0.05, 0.1) is 22.9 Å². The molecule has 7 aromatic rings. The molecule has 15 heteroatoms. The number of ether oxygens (including phenoxy) is 2. The second-order valence-electron chi connectivity index (χ2n) is 17.4. The van der Waals surface area contributed by atoms with Crippen molar-refractivity contribution >= 4 is 80.0 Å². The molecule has 0 spiro atoms. The fourth-order valence-electron chi connectivity index (χ4n) is 6.08. The number of pyridine rings is 3. The van der Waals surface area contributed by atoms with E-state index in [0.29, 0.717) is 39.1 Å². The van der Waals surface area contributed by atoms with E-state index >= 15 is 0 Å². The lowest BCUT2D eigenvalue weighted by Gasteiger charge is -2.20. The lowest BCUT2D eigenvalue weighted by Crippen LogP contribution is -2.26. The molecule has 0 aliphatic rings. The molecule has 7 rings (SSSR count). The Morgan fingerprint density at radius 1 is 0.597 bits per heavy atom. The third-order valence-electron chi connectivity index (χ3n) is 8.85. The molecule has 0 bridgehead atoms. The number of hydrogen-bond donors (Lipinski definition) is 3. The summed E-state index contributed by atoms with van der Waals surface area (Å²) < 4.78 is 13.9. The number of nitrogens with zero attached hydrogens (tertiary/aromatic N) is 7. The summed E-state index contributed by atoms with van der Waals surface area (Å²) in [6, 6.07) is 27.7. The molecule has 0 atom stereocenters. The normalized spacial score (nSPS) is 11.5. The topological polar surface area (TPSA) is 185 Å². The van der Waals surface area contributed by atoms with Crippen molar-refractivity contribution < 1.29 is 19.1 Å². The van der Waals surface area contributed by atoms with Crippen LogP contribution in [0, 0.1) is 22.7 Å². The van der Waals surface area contributed by atoms with E-state index in [1.165, 1.54) is 15.2 Å². The van der Waals surface area contributed by atoms with Crippen LogP contribution in [0.3, 0.4) is 0 Å². The van der Waals surface area contributed by atoms with E-state index in [4.69, 9.17) is 26.3 Å². The van der Waals surface area contributed by atoms with Gasteiger partial charge in [0, 0.05) is 57.5 Å². The minimum Gasteiger partial charge on any atom is -0.443 e. The van der Waals surface area contributed by atoms with Crippen LogP contribution < -0.4 is 16.0 Å². The molecule has 0 amide bonds. The van der Waals surface area contributed by atoms with Crippen molar-refractivity contribution in [2.75, 3.05) is 16.0 Å². The van der Waals surface area contributed by atoms with E-state index in [2.05, 4.69) is 57.7 Å². The lowest BCUT2D eigenvalue weighted by molar-refractivity contribution is 0.0533. The number of rotatable bonds is 6. The number of hydrogen-bond acceptors (Lipinski definition) is 12. The maximum atomic E-state index is 12.7. The molecule has 14 nitrogen and oxygen atoms in total. The van der Waals surface area contributed by atoms with E-state index in [1.54, 1.807) is 30.7 Å². The van der Waals surface area contributed by atoms with Gasteiger partial charge in [-0.25, -0.2) is 19.6 Å². The van der Waals surface area contributed by atoms with E-state index in [9.17, 15) is 14.9 Å². The highest BCUT2D eigenvalue weighted by atomic mass is 35.5. The Morgan fingerprint density at radius 2 is 1.10 bits per heavy atom. The predicted molar refractivity (Wildman–Crippen MR) is 243 cm³/mol. The number of carbonyl (C=O) groups excluding carboxylic acids is 2. The molecule has 0 aliphatic heterocycles. The summed E-state index contributed by atoms with van der Waals surface area (Å²) in [5, 5.41) is 30.4. The molecular formula is C47H47ClN10O4. The molecule has 0 fully saturated rings. The summed E-state index contributed by atoms with van der Waals surface area (Å²) in [7, 11) is 0. The summed E-state index contributed by atoms with van der Waals surface area (Å²) in [6.45, 7) is 17.4. The number of carbonyl (C=O) groups is 2. The molecule has 62 heavy (non-hydrogen) atoms. The van der Waals surface area contributed by atoms with Gasteiger partial charge in [0.2, 0.25) is 0 Å². The highest BCUT2D eigenvalue weighted by Gasteiger charge is 2.21. The quantitative estimate of drug-likeness (QED) is 0.144. The van der Waals surface area contributed by atoms with Crippen molar-refractivity contribution in [3.05, 3.63) is 126 Å². The molecule has 0 saturated heterocycles. The van der Waals surface area contributed by atoms with Gasteiger partial charge in [-0.05, 0) is 113 Å². The van der Waals surface area contributed by atoms with Crippen molar-refractivity contribution in [2.24, 2.45) is 0 Å². The molecule has 0 saturated carbocycles. The highest BCUT2D eigenvalue weighted by molar-refractivity contribution is 6.30. The van der Waals surface area contributed by atoms with Gasteiger partial charge in [-0.3, -0.25) is 14.1 Å². The molecule has 316 valence electrons. The summed E-state index contributed by atoms with van der Waals surface area (Å²) in [6.07, 6.45) is 6.07. The van der Waals surface area contributed by atoms with E-state index < -0.39 is 23.4 Å². The van der Waals surface area contributed by atoms with E-state index in [-0.39, 0.29) is 16.8 Å². The number of fused-ring (bicyclic) bond motifs is 2. The van der Waals surface area contributed by atoms with Gasteiger partial charge in [0.25, 0.3) is 0 Å². The van der Waals surface area contributed by atoms with E-state index in [0.717, 1.165) is 27.7 Å². The Balaban J connectivity index is 0.000000218. The molecule has 0 aliphatic carbocycles. The number of nitrogens with one attached hydrogen (secondary N) is 3. The average molecular weight is 851 g/mol. The van der Waals surface area contributed by atoms with Crippen molar-refractivity contribution in [3.8, 4) is 12.1 Å². The molecular weight excluding hydrogens is 804 g/mol. The van der Waals surface area contributed by atoms with Gasteiger partial charge in [-0.1, -0.05) is 44.5 Å². The predicted octanol–water partition coefficient (Wildman–Crippen LogP) is 12.0. The van der Waals surface area contributed by atoms with Crippen molar-refractivity contribution in [1.29, 1.82) is 10.5 Å². The summed E-state index contributed by atoms with van der Waals surface area (Å²) >= 11 is 6.00. The average Bonchev–Trinajstić information content (AvgIpc) is 3.81. The Labute approximate surface area is 365 Å². The second kappa shape index (κ2) is 17.7. The minimum atomic E-state index is -0.601. The monoisotopic (exact) mass is 850 g/mol. The summed E-state index contributed by atoms with van der Waals surface area (Å²) in [4.78, 5) is 37.9. The standard InChI is InChI=1S/C28H30N6O2.C19H17ClN4O2/c1-27(2,3)19-11-23(17-30-16-19)31-21-12-22(15-29)33-25(14-21)32-20-8-7-18-9-10-34(24(18)13-20)26(35)36-28(4,5)6;1-19(2,3)26-18(25)24-7-6-12-4-5-14(10-16(12)24)22-17-9-13(20)8-15(11-21)23-17/h7-14,16-17H,1-6H3,(H2,31,32,33);4-10H,1-3H3,(H,22,23). The van der Waals surface area contributed by atoms with Crippen LogP contribution in [0.1, 0.15) is 79.3 Å². The van der Waals surface area contributed by atoms with Crippen molar-refractivity contribution in [2.45, 2.75) is 78.9 Å². The number of halogens is 1. The van der Waals surface area contributed by atoms with Gasteiger partial charge in [-0.2, -0.15) is 10.5 Å². The molecule has 3 N–H and O–H groups in total. The molecule has 5 heterocycles. The van der Waals surface area contributed by atoms with Crippen LogP contribution in [0.25, 0.3) is 21.8 Å². The van der Waals surface area contributed by atoms with Gasteiger partial charge < -0.3 is 25.4 Å². The van der Waals surface area contributed by atoms with Crippen LogP contribution in [-0.2, 0) is 14.9 Å². The third-order valence-corrected chi connectivity index (χ3v) is 9.07. The zero-order chi connectivity index (χ0) is 45.0. The smallest absolute Gasteiger partial charge is 0.418 e. The van der Waals surface area contributed by atoms with E-state index in [1.807, 2.05) is 114 Å². The Bertz CT molecular complexity index is 2880. The summed E-state index contributed by atoms with van der Waals surface area (Å²) in [5.74, 6) is 0.940. The largest absolute Gasteiger partial charge is 0.443 e. The third kappa shape index (κ3) is 11.4. The minimum absolute atomic E-state index is 0.0386. The van der Waals surface area contributed by atoms with Crippen molar-refractivity contribution in [3.63, 3.8) is 0 Å². The zero-order valence-corrected chi connectivity index (χ0v) is 36.7. The lowest BCUT2D eigenvalue weighted by atomic mass is 9.88. The van der Waals surface area contributed by atoms with Crippen molar-refractivity contribution in [1.82, 2.24) is 24.1 Å². The fraction of sp³-hybridized carbons (Fsp3) is 0.255. The molecule has 0 radical (unpaired) electrons. The van der Waals surface area contributed by atoms with Crippen LogP contribution in [0.2, 0.25) is 5.02 Å². The highest BCUT2D eigenvalue weighted by Crippen LogP contribution is 2.29. The number of anilines is 6. The molecule has 0 unspecified atom stereocenters. The van der Waals surface area contributed by atoms with Gasteiger partial charge in [0.15, 0.2) is 0 Å². The SMILES string of the molecule is CC(C)(C)OC(=O)n1ccc2ccc(Nc3cc(Cl)cc(C#N)n3)cc21.CC(C)(C)OC(=O)n1ccc2ccc(Nc3cc(Nc4cncc(C(C)(C)C)c4)cc(C#N)n3)cc21. The Morgan fingerprint density at radius 3 is 1.58 bits per heavy atom. The first-order valence-corrected chi connectivity index (χ1v) is 20.0. The molecule has 5 aromatic heterocycles. The Hall–Kier alpha value is -7.42. The first kappa shape index (κ1) is 44.1. The fourth-order valence-corrected chi connectivity index (χ4v) is 6.28. The van der Waals surface area contributed by atoms with Crippen LogP contribution in [0.5, 0.6) is 0 Å². The Kier molecular flexibility index (Phi) is 12.6. The first-order chi connectivity index (χ1) is 29.2. The number of benzene rings is 2. The van der Waals surface area contributed by atoms with Crippen LogP contribution in [0.4, 0.5) is 44.0 Å². The second-order valence-corrected chi connectivity index (χ2v) is 17.8. The number of aromatic nitrogens is 5. The maximum absolute atomic E-state index is 12.7. The molecule has 2 aromatic carbocycles. The van der Waals surface area contributed by atoms with Gasteiger partial charge >= 0.3 is 12.2 Å². The van der Waals surface area contributed by atoms with Crippen LogP contribution in [0.15, 0.2) is 104 Å². The van der Waals surface area contributed by atoms with Crippen LogP contribution in [-0.4, -0.2) is 47.5 Å². The van der Waals surface area contributed by atoms with Gasteiger partial charge in [0.1, 0.15) is 46.4 Å². The van der Waals surface area contributed by atoms with Crippen LogP contribution >= 0.6 is 11.6 Å². The summed E-state index contributed by atoms with van der Waals surface area (Å²) in [5.41, 5.74) is 4.72. The first-order valence-electron chi connectivity index (χ1n) is 19.6. The van der Waals surface area contributed by atoms with Gasteiger partial charge in [-0.15, -0.1) is 0 Å². The number of nitriles is 2.